The molecule has 29 heavy (non-hydrogen) atoms. The van der Waals surface area contributed by atoms with Crippen molar-refractivity contribution in [3.8, 4) is 0 Å². The van der Waals surface area contributed by atoms with Gasteiger partial charge in [-0.25, -0.2) is 0 Å². The molecule has 0 amide bonds. The number of hydrogen-bond donors (Lipinski definition) is 2. The Labute approximate surface area is 173 Å². The third-order valence-corrected chi connectivity index (χ3v) is 5.87. The van der Waals surface area contributed by atoms with Gasteiger partial charge >= 0.3 is 6.18 Å². The second-order valence-corrected chi connectivity index (χ2v) is 10.4. The average molecular weight is 412 g/mol. The van der Waals surface area contributed by atoms with E-state index < -0.39 is 17.9 Å². The fourth-order valence-electron chi connectivity index (χ4n) is 3.99. The van der Waals surface area contributed by atoms with Gasteiger partial charge in [-0.2, -0.15) is 13.2 Å². The molecule has 1 unspecified atom stereocenters. The number of nitrogens with one attached hydrogen (secondary N) is 1. The van der Waals surface area contributed by atoms with Crippen LogP contribution in [0.2, 0.25) is 0 Å². The molecule has 0 heterocycles. The summed E-state index contributed by atoms with van der Waals surface area (Å²) < 4.78 is 38.4. The van der Waals surface area contributed by atoms with E-state index in [0.29, 0.717) is 13.0 Å². The second kappa shape index (κ2) is 8.43. The van der Waals surface area contributed by atoms with Gasteiger partial charge in [0.15, 0.2) is 0 Å². The molecular formula is C24H36F3NO. The first-order valence-electron chi connectivity index (χ1n) is 10.4. The lowest BCUT2D eigenvalue weighted by atomic mass is 9.70. The number of hydrogen-bond acceptors (Lipinski definition) is 2. The predicted octanol–water partition coefficient (Wildman–Crippen LogP) is 6.11. The van der Waals surface area contributed by atoms with Crippen molar-refractivity contribution in [2.45, 2.75) is 79.6 Å². The third-order valence-electron chi connectivity index (χ3n) is 5.87. The molecule has 1 atom stereocenters. The summed E-state index contributed by atoms with van der Waals surface area (Å²) in [6.07, 6.45) is 2.78. The third kappa shape index (κ3) is 6.08. The van der Waals surface area contributed by atoms with E-state index in [0.717, 1.165) is 16.7 Å². The van der Waals surface area contributed by atoms with Gasteiger partial charge in [-0.1, -0.05) is 71.4 Å². The minimum Gasteiger partial charge on any atom is -0.384 e. The zero-order valence-corrected chi connectivity index (χ0v) is 18.7. The molecule has 0 bridgehead atoms. The van der Waals surface area contributed by atoms with Crippen LogP contribution < -0.4 is 5.32 Å². The molecule has 0 aromatic rings. The van der Waals surface area contributed by atoms with Gasteiger partial charge in [0.1, 0.15) is 0 Å². The van der Waals surface area contributed by atoms with Crippen LogP contribution in [-0.2, 0) is 0 Å². The highest BCUT2D eigenvalue weighted by Crippen LogP contribution is 2.41. The zero-order chi connectivity index (χ0) is 22.2. The average Bonchev–Trinajstić information content (AvgIpc) is 2.57. The van der Waals surface area contributed by atoms with Gasteiger partial charge < -0.3 is 10.4 Å². The standard InChI is InChI=1S/C24H36F3NO/c1-15(17-8-10-18(11-9-17)24(25,26)27)28-14-16-12-19(22(2,3)4)21(29)20(13-16)23(5,6)7/h8,10,12-13,15-16,21,28-29H,9,11,14H2,1-7H3. The molecule has 2 N–H and O–H groups in total. The molecule has 2 aliphatic rings. The number of rotatable bonds is 4. The Morgan fingerprint density at radius 1 is 0.966 bits per heavy atom. The predicted molar refractivity (Wildman–Crippen MR) is 113 cm³/mol. The highest BCUT2D eigenvalue weighted by molar-refractivity contribution is 5.37. The maximum Gasteiger partial charge on any atom is 0.412 e. The smallest absolute Gasteiger partial charge is 0.384 e. The summed E-state index contributed by atoms with van der Waals surface area (Å²) in [7, 11) is 0. The molecule has 0 saturated carbocycles. The van der Waals surface area contributed by atoms with E-state index in [-0.39, 0.29) is 29.2 Å². The van der Waals surface area contributed by atoms with Crippen LogP contribution >= 0.6 is 0 Å². The van der Waals surface area contributed by atoms with E-state index in [2.05, 4.69) is 59.0 Å². The lowest BCUT2D eigenvalue weighted by Crippen LogP contribution is -2.37. The van der Waals surface area contributed by atoms with E-state index in [9.17, 15) is 18.3 Å². The number of aliphatic hydroxyl groups excluding tert-OH is 1. The highest BCUT2D eigenvalue weighted by atomic mass is 19.4. The molecule has 5 heteroatoms. The Hall–Kier alpha value is -1.33. The van der Waals surface area contributed by atoms with Crippen molar-refractivity contribution in [3.63, 3.8) is 0 Å². The van der Waals surface area contributed by atoms with Crippen LogP contribution in [0.25, 0.3) is 0 Å². The van der Waals surface area contributed by atoms with Gasteiger partial charge in [-0.05, 0) is 41.7 Å². The fraction of sp³-hybridized carbons (Fsp3) is 0.667. The summed E-state index contributed by atoms with van der Waals surface area (Å²) in [6.45, 7) is 15.3. The fourth-order valence-corrected chi connectivity index (χ4v) is 3.99. The summed E-state index contributed by atoms with van der Waals surface area (Å²) >= 11 is 0. The summed E-state index contributed by atoms with van der Waals surface area (Å²) in [5.74, 6) is 0.134. The lowest BCUT2D eigenvalue weighted by molar-refractivity contribution is -0.0941. The zero-order valence-electron chi connectivity index (χ0n) is 18.7. The molecule has 164 valence electrons. The first-order chi connectivity index (χ1) is 13.1. The van der Waals surface area contributed by atoms with E-state index in [1.807, 2.05) is 6.92 Å². The SMILES string of the molecule is CC(NCC1C=C(C(C)(C)C)C(O)C(C(C)(C)C)=C1)C1=CC=C(C(F)(F)F)CC1. The van der Waals surface area contributed by atoms with Crippen LogP contribution in [0.15, 0.2) is 46.6 Å². The van der Waals surface area contributed by atoms with Crippen LogP contribution in [0.4, 0.5) is 13.2 Å². The molecule has 0 saturated heterocycles. The minimum absolute atomic E-state index is 0.00542. The molecule has 0 radical (unpaired) electrons. The van der Waals surface area contributed by atoms with Gasteiger partial charge in [-0.3, -0.25) is 0 Å². The van der Waals surface area contributed by atoms with E-state index in [4.69, 9.17) is 0 Å². The van der Waals surface area contributed by atoms with Crippen molar-refractivity contribution in [2.75, 3.05) is 6.54 Å². The Kier molecular flexibility index (Phi) is 6.96. The van der Waals surface area contributed by atoms with Crippen LogP contribution in [0, 0.1) is 16.7 Å². The monoisotopic (exact) mass is 411 g/mol. The Morgan fingerprint density at radius 3 is 1.86 bits per heavy atom. The van der Waals surface area contributed by atoms with Gasteiger partial charge in [0, 0.05) is 24.1 Å². The quantitative estimate of drug-likeness (QED) is 0.547. The van der Waals surface area contributed by atoms with Gasteiger partial charge in [-0.15, -0.1) is 0 Å². The van der Waals surface area contributed by atoms with Crippen LogP contribution in [0.1, 0.15) is 61.3 Å². The number of halogens is 3. The van der Waals surface area contributed by atoms with Gasteiger partial charge in [0.25, 0.3) is 0 Å². The van der Waals surface area contributed by atoms with Crippen molar-refractivity contribution >= 4 is 0 Å². The minimum atomic E-state index is -4.23. The first-order valence-corrected chi connectivity index (χ1v) is 10.4. The molecule has 0 aromatic carbocycles. The summed E-state index contributed by atoms with van der Waals surface area (Å²) in [5, 5.41) is 14.4. The van der Waals surface area contributed by atoms with Crippen molar-refractivity contribution < 1.29 is 18.3 Å². The number of aliphatic hydroxyl groups is 1. The Balaban J connectivity index is 2.14. The number of alkyl halides is 3. The van der Waals surface area contributed by atoms with E-state index >= 15 is 0 Å². The topological polar surface area (TPSA) is 32.3 Å². The normalized spacial score (nSPS) is 25.1. The van der Waals surface area contributed by atoms with Crippen molar-refractivity contribution in [2.24, 2.45) is 16.7 Å². The molecule has 0 spiro atoms. The van der Waals surface area contributed by atoms with Gasteiger partial charge in [0.2, 0.25) is 0 Å². The molecule has 2 rings (SSSR count). The van der Waals surface area contributed by atoms with Crippen LogP contribution in [0.5, 0.6) is 0 Å². The van der Waals surface area contributed by atoms with Crippen molar-refractivity contribution in [1.82, 2.24) is 5.32 Å². The van der Waals surface area contributed by atoms with E-state index in [1.165, 1.54) is 6.08 Å². The molecular weight excluding hydrogens is 375 g/mol. The Bertz CT molecular complexity index is 695. The lowest BCUT2D eigenvalue weighted by Gasteiger charge is -2.38. The maximum atomic E-state index is 12.8. The maximum absolute atomic E-state index is 12.8. The molecule has 2 nitrogen and oxygen atoms in total. The van der Waals surface area contributed by atoms with Crippen molar-refractivity contribution in [3.05, 3.63) is 46.6 Å². The Morgan fingerprint density at radius 2 is 1.48 bits per heavy atom. The van der Waals surface area contributed by atoms with Crippen molar-refractivity contribution in [1.29, 1.82) is 0 Å². The summed E-state index contributed by atoms with van der Waals surface area (Å²) in [4.78, 5) is 0. The molecule has 0 aromatic heterocycles. The molecule has 2 aliphatic carbocycles. The largest absolute Gasteiger partial charge is 0.412 e. The molecule has 0 fully saturated rings. The first kappa shape index (κ1) is 23.9. The number of allylic oxidation sites excluding steroid dienone is 3. The van der Waals surface area contributed by atoms with Crippen LogP contribution in [0.3, 0.4) is 0 Å². The highest BCUT2D eigenvalue weighted by Gasteiger charge is 2.36. The van der Waals surface area contributed by atoms with E-state index in [1.54, 1.807) is 6.08 Å². The summed E-state index contributed by atoms with van der Waals surface area (Å²) in [6, 6.07) is 0.00542. The molecule has 0 aliphatic heterocycles. The van der Waals surface area contributed by atoms with Crippen LogP contribution in [-0.4, -0.2) is 30.0 Å². The second-order valence-electron chi connectivity index (χ2n) is 10.4. The van der Waals surface area contributed by atoms with Gasteiger partial charge in [0.05, 0.1) is 6.10 Å². The summed E-state index contributed by atoms with van der Waals surface area (Å²) in [5.41, 5.74) is 2.31.